The van der Waals surface area contributed by atoms with E-state index in [1.807, 2.05) is 4.90 Å². The minimum atomic E-state index is -0.569. The molecule has 0 aliphatic carbocycles. The van der Waals surface area contributed by atoms with Crippen molar-refractivity contribution >= 4 is 29.4 Å². The molecule has 0 aromatic heterocycles. The van der Waals surface area contributed by atoms with E-state index >= 15 is 0 Å². The lowest BCUT2D eigenvalue weighted by Gasteiger charge is -2.22. The van der Waals surface area contributed by atoms with Crippen molar-refractivity contribution in [1.29, 1.82) is 0 Å². The maximum Gasteiger partial charge on any atom is 0.414 e. The van der Waals surface area contributed by atoms with Crippen LogP contribution < -0.4 is 20.4 Å². The summed E-state index contributed by atoms with van der Waals surface area (Å²) in [6.45, 7) is 2.98. The molecule has 1 aromatic carbocycles. The van der Waals surface area contributed by atoms with Gasteiger partial charge < -0.3 is 25.2 Å². The minimum absolute atomic E-state index is 0.0490. The zero-order valence-corrected chi connectivity index (χ0v) is 16.8. The molecule has 158 valence electrons. The van der Waals surface area contributed by atoms with Gasteiger partial charge in [0.25, 0.3) is 0 Å². The molecule has 2 fully saturated rings. The lowest BCUT2D eigenvalue weighted by Crippen LogP contribution is -2.42. The van der Waals surface area contributed by atoms with Gasteiger partial charge in [-0.2, -0.15) is 0 Å². The van der Waals surface area contributed by atoms with Gasteiger partial charge in [-0.1, -0.05) is 0 Å². The number of nitrogens with one attached hydrogen (secondary N) is 2. The highest BCUT2D eigenvalue weighted by atomic mass is 19.1. The monoisotopic (exact) mass is 407 g/mol. The van der Waals surface area contributed by atoms with Gasteiger partial charge in [0.05, 0.1) is 24.5 Å². The molecule has 10 heteroatoms. The molecule has 0 spiro atoms. The normalized spacial score (nSPS) is 21.2. The Kier molecular flexibility index (Phi) is 6.09. The van der Waals surface area contributed by atoms with Crippen LogP contribution in [0.5, 0.6) is 0 Å². The van der Waals surface area contributed by atoms with Crippen LogP contribution in [0.3, 0.4) is 0 Å². The van der Waals surface area contributed by atoms with E-state index in [0.29, 0.717) is 24.5 Å². The van der Waals surface area contributed by atoms with Crippen molar-refractivity contribution < 1.29 is 23.5 Å². The van der Waals surface area contributed by atoms with E-state index in [-0.39, 0.29) is 31.1 Å². The number of carbonyl (C=O) groups excluding carboxylic acids is 3. The van der Waals surface area contributed by atoms with Crippen LogP contribution in [0.1, 0.15) is 13.3 Å². The molecule has 2 atom stereocenters. The van der Waals surface area contributed by atoms with Crippen LogP contribution in [-0.2, 0) is 9.53 Å². The third-order valence-corrected chi connectivity index (χ3v) is 4.96. The molecule has 3 rings (SSSR count). The maximum atomic E-state index is 14.8. The van der Waals surface area contributed by atoms with Gasteiger partial charge in [-0.15, -0.1) is 0 Å². The molecular formula is C19H26FN5O4. The Labute approximate surface area is 168 Å². The van der Waals surface area contributed by atoms with E-state index in [0.717, 1.165) is 6.42 Å². The number of benzene rings is 1. The summed E-state index contributed by atoms with van der Waals surface area (Å²) in [6, 6.07) is 4.39. The summed E-state index contributed by atoms with van der Waals surface area (Å²) in [5.74, 6) is -0.652. The number of ether oxygens (including phenoxy) is 1. The summed E-state index contributed by atoms with van der Waals surface area (Å²) in [6.07, 6.45) is -0.321. The standard InChI is InChI=1S/C19H26FN5O4/c1-12(26)21-9-15-11-25(19(28)29-15)14-4-5-17(16(20)8-14)24-7-6-13(10-24)22-18(27)23(2)3/h4-5,8,13,15H,6-7,9-11H2,1-3H3,(H,21,26)(H,22,27)/t13?,15-/m0/s1. The van der Waals surface area contributed by atoms with Gasteiger partial charge >= 0.3 is 12.1 Å². The van der Waals surface area contributed by atoms with Crippen molar-refractivity contribution in [1.82, 2.24) is 15.5 Å². The van der Waals surface area contributed by atoms with Crippen LogP contribution in [-0.4, -0.2) is 75.4 Å². The van der Waals surface area contributed by atoms with Crippen LogP contribution in [0.15, 0.2) is 18.2 Å². The zero-order chi connectivity index (χ0) is 21.1. The molecule has 0 saturated carbocycles. The predicted octanol–water partition coefficient (Wildman–Crippen LogP) is 1.14. The van der Waals surface area contributed by atoms with E-state index in [9.17, 15) is 18.8 Å². The van der Waals surface area contributed by atoms with Crippen molar-refractivity contribution in [2.45, 2.75) is 25.5 Å². The molecule has 2 aliphatic rings. The number of halogens is 1. The number of rotatable bonds is 5. The second-order valence-corrected chi connectivity index (χ2v) is 7.46. The smallest absolute Gasteiger partial charge is 0.414 e. The first-order valence-corrected chi connectivity index (χ1v) is 9.49. The molecule has 1 unspecified atom stereocenters. The highest BCUT2D eigenvalue weighted by molar-refractivity contribution is 5.90. The van der Waals surface area contributed by atoms with Crippen LogP contribution >= 0.6 is 0 Å². The third-order valence-electron chi connectivity index (χ3n) is 4.96. The lowest BCUT2D eigenvalue weighted by atomic mass is 10.2. The first kappa shape index (κ1) is 20.7. The van der Waals surface area contributed by atoms with Crippen molar-refractivity contribution in [3.63, 3.8) is 0 Å². The first-order valence-electron chi connectivity index (χ1n) is 9.49. The molecule has 2 heterocycles. The SMILES string of the molecule is CC(=O)NC[C@H]1CN(c2ccc(N3CCC(NC(=O)N(C)C)C3)c(F)c2)C(=O)O1. The number of urea groups is 1. The second-order valence-electron chi connectivity index (χ2n) is 7.46. The molecule has 0 bridgehead atoms. The molecule has 29 heavy (non-hydrogen) atoms. The average Bonchev–Trinajstić information content (AvgIpc) is 3.26. The number of carbonyl (C=O) groups is 3. The van der Waals surface area contributed by atoms with Crippen molar-refractivity contribution in [3.8, 4) is 0 Å². The van der Waals surface area contributed by atoms with E-state index in [2.05, 4.69) is 10.6 Å². The van der Waals surface area contributed by atoms with Gasteiger partial charge in [0.2, 0.25) is 5.91 Å². The van der Waals surface area contributed by atoms with E-state index in [1.165, 1.54) is 22.8 Å². The van der Waals surface area contributed by atoms with Crippen molar-refractivity contribution in [3.05, 3.63) is 24.0 Å². The Morgan fingerprint density at radius 1 is 1.31 bits per heavy atom. The second kappa shape index (κ2) is 8.54. The Bertz CT molecular complexity index is 803. The summed E-state index contributed by atoms with van der Waals surface area (Å²) in [5, 5.41) is 5.51. The summed E-state index contributed by atoms with van der Waals surface area (Å²) >= 11 is 0. The fourth-order valence-electron chi connectivity index (χ4n) is 3.42. The van der Waals surface area contributed by atoms with E-state index in [4.69, 9.17) is 4.74 Å². The zero-order valence-electron chi connectivity index (χ0n) is 16.8. The largest absolute Gasteiger partial charge is 0.442 e. The molecule has 4 amide bonds. The summed E-state index contributed by atoms with van der Waals surface area (Å²) in [7, 11) is 3.34. The van der Waals surface area contributed by atoms with Gasteiger partial charge in [-0.05, 0) is 24.6 Å². The first-order chi connectivity index (χ1) is 13.7. The average molecular weight is 407 g/mol. The van der Waals surface area contributed by atoms with Gasteiger partial charge in [0, 0.05) is 40.2 Å². The molecule has 9 nitrogen and oxygen atoms in total. The summed E-state index contributed by atoms with van der Waals surface area (Å²) in [4.78, 5) is 39.6. The maximum absolute atomic E-state index is 14.8. The number of anilines is 2. The van der Waals surface area contributed by atoms with Crippen molar-refractivity contribution in [2.24, 2.45) is 0 Å². The summed E-state index contributed by atoms with van der Waals surface area (Å²) in [5.41, 5.74) is 0.830. The fraction of sp³-hybridized carbons (Fsp3) is 0.526. The number of hydrogen-bond donors (Lipinski definition) is 2. The summed E-state index contributed by atoms with van der Waals surface area (Å²) < 4.78 is 20.0. The number of amides is 4. The Balaban J connectivity index is 1.63. The Morgan fingerprint density at radius 2 is 2.07 bits per heavy atom. The predicted molar refractivity (Wildman–Crippen MR) is 106 cm³/mol. The highest BCUT2D eigenvalue weighted by Gasteiger charge is 2.33. The third kappa shape index (κ3) is 4.87. The quantitative estimate of drug-likeness (QED) is 0.763. The fourth-order valence-corrected chi connectivity index (χ4v) is 3.42. The van der Waals surface area contributed by atoms with Crippen LogP contribution in [0.4, 0.5) is 25.4 Å². The van der Waals surface area contributed by atoms with E-state index < -0.39 is 18.0 Å². The molecule has 2 aliphatic heterocycles. The van der Waals surface area contributed by atoms with Gasteiger partial charge in [0.15, 0.2) is 0 Å². The molecule has 2 saturated heterocycles. The van der Waals surface area contributed by atoms with Crippen LogP contribution in [0, 0.1) is 5.82 Å². The molecular weight excluding hydrogens is 381 g/mol. The highest BCUT2D eigenvalue weighted by Crippen LogP contribution is 2.29. The van der Waals surface area contributed by atoms with Crippen LogP contribution in [0.25, 0.3) is 0 Å². The Hall–Kier alpha value is -3.04. The molecule has 2 N–H and O–H groups in total. The molecule has 0 radical (unpaired) electrons. The van der Waals surface area contributed by atoms with Gasteiger partial charge in [-0.3, -0.25) is 9.69 Å². The topological polar surface area (TPSA) is 94.2 Å². The number of cyclic esters (lactones) is 1. The number of nitrogens with zero attached hydrogens (tertiary/aromatic N) is 3. The Morgan fingerprint density at radius 3 is 2.72 bits per heavy atom. The number of hydrogen-bond acceptors (Lipinski definition) is 5. The van der Waals surface area contributed by atoms with E-state index in [1.54, 1.807) is 26.2 Å². The van der Waals surface area contributed by atoms with Crippen LogP contribution in [0.2, 0.25) is 0 Å². The molecule has 1 aromatic rings. The van der Waals surface area contributed by atoms with Gasteiger partial charge in [-0.25, -0.2) is 14.0 Å². The van der Waals surface area contributed by atoms with Crippen molar-refractivity contribution in [2.75, 3.05) is 50.1 Å². The lowest BCUT2D eigenvalue weighted by molar-refractivity contribution is -0.119. The minimum Gasteiger partial charge on any atom is -0.442 e. The van der Waals surface area contributed by atoms with Gasteiger partial charge in [0.1, 0.15) is 11.9 Å².